The van der Waals surface area contributed by atoms with Gasteiger partial charge in [-0.25, -0.2) is 4.98 Å². The molecular weight excluding hydrogens is 310 g/mol. The molecule has 23 heavy (non-hydrogen) atoms. The minimum absolute atomic E-state index is 0.233. The van der Waals surface area contributed by atoms with Gasteiger partial charge >= 0.3 is 0 Å². The number of anilines is 1. The lowest BCUT2D eigenvalue weighted by Crippen LogP contribution is -2.12. The summed E-state index contributed by atoms with van der Waals surface area (Å²) in [6, 6.07) is 14.7. The van der Waals surface area contributed by atoms with Gasteiger partial charge in [-0.3, -0.25) is 9.78 Å². The number of hydrogen-bond donors (Lipinski definition) is 1. The Balaban J connectivity index is 1.79. The summed E-state index contributed by atoms with van der Waals surface area (Å²) in [6.07, 6.45) is 3.34. The predicted molar refractivity (Wildman–Crippen MR) is 91.6 cm³/mol. The fourth-order valence-electron chi connectivity index (χ4n) is 2.16. The van der Waals surface area contributed by atoms with Gasteiger partial charge in [0.05, 0.1) is 11.4 Å². The van der Waals surface area contributed by atoms with Crippen LogP contribution in [0.5, 0.6) is 0 Å². The Morgan fingerprint density at radius 1 is 1.04 bits per heavy atom. The first-order chi connectivity index (χ1) is 11.1. The van der Waals surface area contributed by atoms with Crippen molar-refractivity contribution in [1.82, 2.24) is 9.97 Å². The van der Waals surface area contributed by atoms with Gasteiger partial charge in [0.1, 0.15) is 0 Å². The third-order valence-corrected chi connectivity index (χ3v) is 3.67. The third kappa shape index (κ3) is 3.55. The van der Waals surface area contributed by atoms with Crippen LogP contribution >= 0.6 is 11.6 Å². The fraction of sp³-hybridized carbons (Fsp3) is 0.0556. The van der Waals surface area contributed by atoms with E-state index in [2.05, 4.69) is 15.3 Å². The number of carbonyl (C=O) groups excluding carboxylic acids is 1. The molecule has 4 nitrogen and oxygen atoms in total. The van der Waals surface area contributed by atoms with Gasteiger partial charge in [0.25, 0.3) is 5.91 Å². The maximum absolute atomic E-state index is 12.3. The first kappa shape index (κ1) is 15.2. The summed E-state index contributed by atoms with van der Waals surface area (Å²) in [4.78, 5) is 20.5. The smallest absolute Gasteiger partial charge is 0.255 e. The average molecular weight is 324 g/mol. The largest absolute Gasteiger partial charge is 0.319 e. The Morgan fingerprint density at radius 3 is 2.52 bits per heavy atom. The molecule has 0 aliphatic heterocycles. The van der Waals surface area contributed by atoms with Crippen molar-refractivity contribution in [2.45, 2.75) is 6.92 Å². The summed E-state index contributed by atoms with van der Waals surface area (Å²) in [6.45, 7) is 2.02. The van der Waals surface area contributed by atoms with Crippen molar-refractivity contribution in [3.63, 3.8) is 0 Å². The normalized spacial score (nSPS) is 10.3. The topological polar surface area (TPSA) is 54.9 Å². The highest BCUT2D eigenvalue weighted by Gasteiger charge is 2.09. The lowest BCUT2D eigenvalue weighted by Gasteiger charge is -2.07. The van der Waals surface area contributed by atoms with Crippen LogP contribution in [0.15, 0.2) is 60.9 Å². The van der Waals surface area contributed by atoms with Gasteiger partial charge < -0.3 is 5.32 Å². The molecule has 0 atom stereocenters. The summed E-state index contributed by atoms with van der Waals surface area (Å²) in [7, 11) is 0. The number of carbonyl (C=O) groups is 1. The Hall–Kier alpha value is -2.72. The Labute approximate surface area is 139 Å². The maximum Gasteiger partial charge on any atom is 0.255 e. The van der Waals surface area contributed by atoms with Crippen LogP contribution in [0.1, 0.15) is 15.9 Å². The summed E-state index contributed by atoms with van der Waals surface area (Å²) >= 11 is 5.94. The van der Waals surface area contributed by atoms with Gasteiger partial charge in [-0.2, -0.15) is 0 Å². The zero-order valence-electron chi connectivity index (χ0n) is 12.5. The number of pyridine rings is 2. The van der Waals surface area contributed by atoms with Crippen molar-refractivity contribution in [2.75, 3.05) is 5.32 Å². The van der Waals surface area contributed by atoms with Crippen LogP contribution in [0, 0.1) is 6.92 Å². The van der Waals surface area contributed by atoms with Crippen LogP contribution in [0.3, 0.4) is 0 Å². The quantitative estimate of drug-likeness (QED) is 0.729. The van der Waals surface area contributed by atoms with Gasteiger partial charge in [0, 0.05) is 23.5 Å². The van der Waals surface area contributed by atoms with Crippen LogP contribution in [0.25, 0.3) is 11.3 Å². The number of nitrogens with one attached hydrogen (secondary N) is 1. The van der Waals surface area contributed by atoms with Gasteiger partial charge in [-0.15, -0.1) is 0 Å². The second-order valence-corrected chi connectivity index (χ2v) is 5.45. The van der Waals surface area contributed by atoms with Gasteiger partial charge in [0.15, 0.2) is 5.15 Å². The molecule has 2 aromatic heterocycles. The second kappa shape index (κ2) is 6.58. The van der Waals surface area contributed by atoms with Crippen LogP contribution < -0.4 is 5.32 Å². The number of aryl methyl sites for hydroxylation is 1. The number of aromatic nitrogens is 2. The molecule has 0 aliphatic carbocycles. The number of benzene rings is 1. The van der Waals surface area contributed by atoms with Crippen molar-refractivity contribution < 1.29 is 4.79 Å². The van der Waals surface area contributed by atoms with Crippen molar-refractivity contribution in [1.29, 1.82) is 0 Å². The molecule has 3 rings (SSSR count). The molecule has 0 aliphatic rings. The van der Waals surface area contributed by atoms with E-state index in [9.17, 15) is 4.79 Å². The van der Waals surface area contributed by atoms with Crippen LogP contribution in [0.2, 0.25) is 5.15 Å². The van der Waals surface area contributed by atoms with Crippen LogP contribution in [-0.4, -0.2) is 15.9 Å². The molecule has 3 aromatic rings. The molecule has 0 fully saturated rings. The first-order valence-electron chi connectivity index (χ1n) is 7.08. The average Bonchev–Trinajstić information content (AvgIpc) is 2.57. The summed E-state index contributed by atoms with van der Waals surface area (Å²) in [5.74, 6) is -0.233. The standard InChI is InChI=1S/C18H14ClN3O/c1-12-8-10-20-16(11-12)13-4-6-14(7-5-13)18(23)22-15-3-2-9-21-17(15)19/h2-11H,1H3,(H,22,23). The monoisotopic (exact) mass is 323 g/mol. The Kier molecular flexibility index (Phi) is 4.35. The van der Waals surface area contributed by atoms with Crippen molar-refractivity contribution in [3.8, 4) is 11.3 Å². The van der Waals surface area contributed by atoms with E-state index in [1.54, 1.807) is 36.7 Å². The van der Waals surface area contributed by atoms with E-state index in [-0.39, 0.29) is 11.1 Å². The van der Waals surface area contributed by atoms with Gasteiger partial charge in [-0.05, 0) is 48.9 Å². The summed E-state index contributed by atoms with van der Waals surface area (Å²) < 4.78 is 0. The SMILES string of the molecule is Cc1ccnc(-c2ccc(C(=O)Nc3cccnc3Cl)cc2)c1. The first-order valence-corrected chi connectivity index (χ1v) is 7.46. The molecule has 0 radical (unpaired) electrons. The highest BCUT2D eigenvalue weighted by atomic mass is 35.5. The van der Waals surface area contributed by atoms with E-state index in [0.29, 0.717) is 11.3 Å². The third-order valence-electron chi connectivity index (χ3n) is 3.37. The molecule has 1 amide bonds. The van der Waals surface area contributed by atoms with E-state index >= 15 is 0 Å². The molecular formula is C18H14ClN3O. The number of rotatable bonds is 3. The molecule has 114 valence electrons. The number of halogens is 1. The molecule has 0 unspecified atom stereocenters. The molecule has 0 saturated heterocycles. The molecule has 1 N–H and O–H groups in total. The molecule has 2 heterocycles. The number of amides is 1. The van der Waals surface area contributed by atoms with Crippen LogP contribution in [0.4, 0.5) is 5.69 Å². The van der Waals surface area contributed by atoms with Gasteiger partial charge in [0.2, 0.25) is 0 Å². The molecule has 5 heteroatoms. The fourth-order valence-corrected chi connectivity index (χ4v) is 2.33. The van der Waals surface area contributed by atoms with Crippen molar-refractivity contribution >= 4 is 23.2 Å². The lowest BCUT2D eigenvalue weighted by molar-refractivity contribution is 0.102. The maximum atomic E-state index is 12.3. The van der Waals surface area contributed by atoms with Crippen molar-refractivity contribution in [2.24, 2.45) is 0 Å². The highest BCUT2D eigenvalue weighted by Crippen LogP contribution is 2.21. The molecule has 0 spiro atoms. The Bertz CT molecular complexity index is 847. The second-order valence-electron chi connectivity index (χ2n) is 5.09. The summed E-state index contributed by atoms with van der Waals surface area (Å²) in [5.41, 5.74) is 4.02. The minimum atomic E-state index is -0.233. The van der Waals surface area contributed by atoms with Gasteiger partial charge in [-0.1, -0.05) is 23.7 Å². The van der Waals surface area contributed by atoms with E-state index in [1.165, 1.54) is 0 Å². The van der Waals surface area contributed by atoms with E-state index in [4.69, 9.17) is 11.6 Å². The highest BCUT2D eigenvalue weighted by molar-refractivity contribution is 6.32. The van der Waals surface area contributed by atoms with E-state index < -0.39 is 0 Å². The summed E-state index contributed by atoms with van der Waals surface area (Å²) in [5, 5.41) is 3.01. The number of hydrogen-bond acceptors (Lipinski definition) is 3. The predicted octanol–water partition coefficient (Wildman–Crippen LogP) is 4.36. The Morgan fingerprint density at radius 2 is 1.83 bits per heavy atom. The van der Waals surface area contributed by atoms with E-state index in [1.807, 2.05) is 31.2 Å². The number of nitrogens with zero attached hydrogens (tertiary/aromatic N) is 2. The molecule has 1 aromatic carbocycles. The van der Waals surface area contributed by atoms with E-state index in [0.717, 1.165) is 16.8 Å². The van der Waals surface area contributed by atoms with Crippen LogP contribution in [-0.2, 0) is 0 Å². The molecule has 0 saturated carbocycles. The lowest BCUT2D eigenvalue weighted by atomic mass is 10.1. The minimum Gasteiger partial charge on any atom is -0.319 e. The molecule has 0 bridgehead atoms. The van der Waals surface area contributed by atoms with Crippen molar-refractivity contribution in [3.05, 3.63) is 77.2 Å². The zero-order chi connectivity index (χ0) is 16.2. The zero-order valence-corrected chi connectivity index (χ0v) is 13.2.